The summed E-state index contributed by atoms with van der Waals surface area (Å²) in [6, 6.07) is 11.6. The Morgan fingerprint density at radius 2 is 1.95 bits per heavy atom. The Balaban J connectivity index is 1.82. The van der Waals surface area contributed by atoms with Gasteiger partial charge in [0.2, 0.25) is 0 Å². The normalized spacial score (nSPS) is 10.5. The van der Waals surface area contributed by atoms with E-state index in [1.165, 1.54) is 23.4 Å². The lowest BCUT2D eigenvalue weighted by Gasteiger charge is -2.07. The number of benzene rings is 2. The highest BCUT2D eigenvalue weighted by atomic mass is 32.2. The molecule has 4 heteroatoms. The van der Waals surface area contributed by atoms with Gasteiger partial charge in [-0.3, -0.25) is 0 Å². The molecule has 2 aromatic carbocycles. The van der Waals surface area contributed by atoms with E-state index in [0.717, 1.165) is 17.8 Å². The summed E-state index contributed by atoms with van der Waals surface area (Å²) in [5, 5.41) is 3.25. The molecule has 0 saturated carbocycles. The molecule has 1 nitrogen and oxygen atoms in total. The van der Waals surface area contributed by atoms with Gasteiger partial charge >= 0.3 is 0 Å². The minimum Gasteiger partial charge on any atom is -0.384 e. The highest BCUT2D eigenvalue weighted by Crippen LogP contribution is 2.22. The average Bonchev–Trinajstić information content (AvgIpc) is 2.39. The molecule has 2 rings (SSSR count). The molecule has 0 heterocycles. The molecule has 0 unspecified atom stereocenters. The Morgan fingerprint density at radius 1 is 1.11 bits per heavy atom. The molecular weight excluding hydrogens is 264 g/mol. The van der Waals surface area contributed by atoms with E-state index in [1.807, 2.05) is 31.2 Å². The van der Waals surface area contributed by atoms with E-state index in [9.17, 15) is 8.78 Å². The fraction of sp³-hybridized carbons (Fsp3) is 0.200. The molecule has 0 aliphatic heterocycles. The second kappa shape index (κ2) is 6.57. The zero-order valence-electron chi connectivity index (χ0n) is 10.6. The van der Waals surface area contributed by atoms with Crippen LogP contribution in [0.3, 0.4) is 0 Å². The molecule has 2 aromatic rings. The first-order valence-corrected chi connectivity index (χ1v) is 7.02. The van der Waals surface area contributed by atoms with E-state index in [-0.39, 0.29) is 5.82 Å². The number of halogens is 2. The molecule has 0 bridgehead atoms. The Bertz CT molecular complexity index is 558. The summed E-state index contributed by atoms with van der Waals surface area (Å²) in [7, 11) is 0. The van der Waals surface area contributed by atoms with Crippen LogP contribution in [-0.2, 0) is 0 Å². The number of anilines is 1. The number of nitrogens with one attached hydrogen (secondary N) is 1. The third kappa shape index (κ3) is 4.24. The van der Waals surface area contributed by atoms with Gasteiger partial charge < -0.3 is 5.32 Å². The number of thioether (sulfide) groups is 1. The molecule has 0 spiro atoms. The summed E-state index contributed by atoms with van der Waals surface area (Å²) in [5.74, 6) is -0.105. The summed E-state index contributed by atoms with van der Waals surface area (Å²) >= 11 is 1.31. The SMILES string of the molecule is Cc1cccc(NCCSc2cc(F)ccc2F)c1. The van der Waals surface area contributed by atoms with Gasteiger partial charge in [-0.25, -0.2) is 8.78 Å². The summed E-state index contributed by atoms with van der Waals surface area (Å²) < 4.78 is 26.3. The highest BCUT2D eigenvalue weighted by Gasteiger charge is 2.04. The molecular formula is C15H15F2NS. The van der Waals surface area contributed by atoms with E-state index < -0.39 is 5.82 Å². The quantitative estimate of drug-likeness (QED) is 0.640. The van der Waals surface area contributed by atoms with Crippen molar-refractivity contribution < 1.29 is 8.78 Å². The minimum atomic E-state index is -0.407. The lowest BCUT2D eigenvalue weighted by molar-refractivity contribution is 0.577. The molecule has 0 saturated heterocycles. The Kier molecular flexibility index (Phi) is 4.80. The van der Waals surface area contributed by atoms with Crippen LogP contribution in [0.4, 0.5) is 14.5 Å². The van der Waals surface area contributed by atoms with Crippen molar-refractivity contribution in [1.29, 1.82) is 0 Å². The number of hydrogen-bond donors (Lipinski definition) is 1. The summed E-state index contributed by atoms with van der Waals surface area (Å²) in [6.07, 6.45) is 0. The molecule has 0 radical (unpaired) electrons. The standard InChI is InChI=1S/C15H15F2NS/c1-11-3-2-4-13(9-11)18-7-8-19-15-10-12(16)5-6-14(15)17/h2-6,9-10,18H,7-8H2,1H3. The summed E-state index contributed by atoms with van der Waals surface area (Å²) in [6.45, 7) is 2.73. The van der Waals surface area contributed by atoms with Crippen molar-refractivity contribution in [3.8, 4) is 0 Å². The first-order valence-electron chi connectivity index (χ1n) is 6.03. The molecule has 0 fully saturated rings. The number of hydrogen-bond acceptors (Lipinski definition) is 2. The van der Waals surface area contributed by atoms with E-state index in [1.54, 1.807) is 0 Å². The third-order valence-electron chi connectivity index (χ3n) is 2.60. The number of rotatable bonds is 5. The Hall–Kier alpha value is -1.55. The predicted octanol–water partition coefficient (Wildman–Crippen LogP) is 4.48. The smallest absolute Gasteiger partial charge is 0.136 e. The average molecular weight is 279 g/mol. The van der Waals surface area contributed by atoms with Crippen LogP contribution >= 0.6 is 11.8 Å². The van der Waals surface area contributed by atoms with Gasteiger partial charge in [-0.15, -0.1) is 11.8 Å². The minimum absolute atomic E-state index is 0.353. The Labute approximate surface area is 116 Å². The maximum atomic E-state index is 13.4. The van der Waals surface area contributed by atoms with Crippen LogP contribution in [0.25, 0.3) is 0 Å². The van der Waals surface area contributed by atoms with Crippen LogP contribution in [-0.4, -0.2) is 12.3 Å². The van der Waals surface area contributed by atoms with Crippen LogP contribution in [0.2, 0.25) is 0 Å². The first kappa shape index (κ1) is 13.9. The van der Waals surface area contributed by atoms with Crippen molar-refractivity contribution in [3.63, 3.8) is 0 Å². The summed E-state index contributed by atoms with van der Waals surface area (Å²) in [5.41, 5.74) is 2.23. The lowest BCUT2D eigenvalue weighted by Crippen LogP contribution is -2.04. The zero-order chi connectivity index (χ0) is 13.7. The van der Waals surface area contributed by atoms with E-state index in [4.69, 9.17) is 0 Å². The molecule has 19 heavy (non-hydrogen) atoms. The van der Waals surface area contributed by atoms with Gasteiger partial charge in [0.05, 0.1) is 0 Å². The first-order chi connectivity index (χ1) is 9.15. The lowest BCUT2D eigenvalue weighted by atomic mass is 10.2. The van der Waals surface area contributed by atoms with Gasteiger partial charge in [-0.05, 0) is 42.8 Å². The zero-order valence-corrected chi connectivity index (χ0v) is 11.4. The van der Waals surface area contributed by atoms with Gasteiger partial charge in [-0.1, -0.05) is 12.1 Å². The van der Waals surface area contributed by atoms with Crippen molar-refractivity contribution in [2.75, 3.05) is 17.6 Å². The van der Waals surface area contributed by atoms with E-state index in [0.29, 0.717) is 17.2 Å². The molecule has 0 aliphatic rings. The fourth-order valence-corrected chi connectivity index (χ4v) is 2.53. The van der Waals surface area contributed by atoms with Crippen molar-refractivity contribution >= 4 is 17.4 Å². The second-order valence-electron chi connectivity index (χ2n) is 4.22. The van der Waals surface area contributed by atoms with E-state index >= 15 is 0 Å². The van der Waals surface area contributed by atoms with Crippen molar-refractivity contribution in [1.82, 2.24) is 0 Å². The molecule has 0 aliphatic carbocycles. The highest BCUT2D eigenvalue weighted by molar-refractivity contribution is 7.99. The van der Waals surface area contributed by atoms with Crippen molar-refractivity contribution in [3.05, 3.63) is 59.7 Å². The van der Waals surface area contributed by atoms with Crippen LogP contribution in [0.5, 0.6) is 0 Å². The van der Waals surface area contributed by atoms with Crippen LogP contribution in [0.1, 0.15) is 5.56 Å². The Morgan fingerprint density at radius 3 is 2.74 bits per heavy atom. The molecule has 0 amide bonds. The van der Waals surface area contributed by atoms with Gasteiger partial charge in [-0.2, -0.15) is 0 Å². The molecule has 100 valence electrons. The van der Waals surface area contributed by atoms with Crippen LogP contribution < -0.4 is 5.32 Å². The maximum Gasteiger partial charge on any atom is 0.136 e. The largest absolute Gasteiger partial charge is 0.384 e. The van der Waals surface area contributed by atoms with Crippen molar-refractivity contribution in [2.45, 2.75) is 11.8 Å². The third-order valence-corrected chi connectivity index (χ3v) is 3.63. The predicted molar refractivity (Wildman–Crippen MR) is 76.8 cm³/mol. The number of aryl methyl sites for hydroxylation is 1. The molecule has 0 aromatic heterocycles. The topological polar surface area (TPSA) is 12.0 Å². The maximum absolute atomic E-state index is 13.4. The van der Waals surface area contributed by atoms with E-state index in [2.05, 4.69) is 5.32 Å². The van der Waals surface area contributed by atoms with Gasteiger partial charge in [0.1, 0.15) is 11.6 Å². The van der Waals surface area contributed by atoms with Gasteiger partial charge in [0.25, 0.3) is 0 Å². The molecule has 0 atom stereocenters. The molecule has 1 N–H and O–H groups in total. The summed E-state index contributed by atoms with van der Waals surface area (Å²) in [4.78, 5) is 0.353. The van der Waals surface area contributed by atoms with Crippen molar-refractivity contribution in [2.24, 2.45) is 0 Å². The van der Waals surface area contributed by atoms with Crippen LogP contribution in [0, 0.1) is 18.6 Å². The van der Waals surface area contributed by atoms with Crippen LogP contribution in [0.15, 0.2) is 47.4 Å². The van der Waals surface area contributed by atoms with Gasteiger partial charge in [0, 0.05) is 22.9 Å². The monoisotopic (exact) mass is 279 g/mol. The fourth-order valence-electron chi connectivity index (χ4n) is 1.70. The van der Waals surface area contributed by atoms with Gasteiger partial charge in [0.15, 0.2) is 0 Å². The second-order valence-corrected chi connectivity index (χ2v) is 5.36.